The van der Waals surface area contributed by atoms with Crippen molar-refractivity contribution in [2.75, 3.05) is 36.9 Å². The molecule has 0 saturated heterocycles. The monoisotopic (exact) mass is 923 g/mol. The van der Waals surface area contributed by atoms with Crippen molar-refractivity contribution in [2.24, 2.45) is 5.10 Å². The molecular formula is C36H46Cl2F2N7O11PS. The number of ether oxygens (including phenoxy) is 1. The summed E-state index contributed by atoms with van der Waals surface area (Å²) in [4.78, 5) is 66.5. The van der Waals surface area contributed by atoms with Gasteiger partial charge >= 0.3 is 23.7 Å². The van der Waals surface area contributed by atoms with Gasteiger partial charge in [-0.15, -0.1) is 5.10 Å². The number of carboxylic acids is 2. The van der Waals surface area contributed by atoms with Crippen LogP contribution in [-0.4, -0.2) is 91.3 Å². The molecule has 6 N–H and O–H groups in total. The van der Waals surface area contributed by atoms with E-state index in [2.05, 4.69) is 44.7 Å². The van der Waals surface area contributed by atoms with Gasteiger partial charge in [0.15, 0.2) is 0 Å². The summed E-state index contributed by atoms with van der Waals surface area (Å²) >= 11 is 12.3. The highest BCUT2D eigenvalue weighted by Crippen LogP contribution is 2.33. The molecule has 24 heteroatoms. The molecule has 0 fully saturated rings. The Bertz CT molecular complexity index is 2210. The molecule has 0 spiro atoms. The predicted molar refractivity (Wildman–Crippen MR) is 224 cm³/mol. The number of aromatic nitrogens is 3. The number of carboxylic acid groups (broad SMARTS) is 2. The van der Waals surface area contributed by atoms with Gasteiger partial charge in [0.2, 0.25) is 5.89 Å². The van der Waals surface area contributed by atoms with Crippen molar-refractivity contribution < 1.29 is 56.9 Å². The molecule has 60 heavy (non-hydrogen) atoms. The van der Waals surface area contributed by atoms with Gasteiger partial charge < -0.3 is 39.0 Å². The van der Waals surface area contributed by atoms with Crippen LogP contribution in [0.15, 0.2) is 63.0 Å². The lowest BCUT2D eigenvalue weighted by molar-refractivity contribution is -0.193. The number of halogens is 4. The molecule has 0 saturated carbocycles. The summed E-state index contributed by atoms with van der Waals surface area (Å²) < 4.78 is 47.9. The van der Waals surface area contributed by atoms with Crippen LogP contribution in [0.3, 0.4) is 0 Å². The van der Waals surface area contributed by atoms with E-state index < -0.39 is 55.8 Å². The first kappa shape index (κ1) is 53.1. The highest BCUT2D eigenvalue weighted by molar-refractivity contribution is 7.94. The Kier molecular flexibility index (Phi) is 21.6. The van der Waals surface area contributed by atoms with Crippen LogP contribution in [0.1, 0.15) is 63.5 Å². The summed E-state index contributed by atoms with van der Waals surface area (Å²) in [6, 6.07) is 7.58. The molecule has 2 heterocycles. The number of aromatic carboxylic acids is 1. The molecule has 4 aromatic rings. The summed E-state index contributed by atoms with van der Waals surface area (Å²) in [6.45, 7) is 10.4. The third kappa shape index (κ3) is 20.4. The van der Waals surface area contributed by atoms with Gasteiger partial charge in [0.25, 0.3) is 0 Å². The van der Waals surface area contributed by atoms with E-state index in [0.29, 0.717) is 39.3 Å². The minimum Gasteiger partial charge on any atom is -0.778 e. The fourth-order valence-electron chi connectivity index (χ4n) is 3.90. The summed E-state index contributed by atoms with van der Waals surface area (Å²) in [5.74, 6) is -3.89. The number of hydrogen-bond acceptors (Lipinski definition) is 12. The molecule has 0 bridgehead atoms. The lowest BCUT2D eigenvalue weighted by Gasteiger charge is -2.14. The summed E-state index contributed by atoms with van der Waals surface area (Å²) in [5.41, 5.74) is 2.13. The average Bonchev–Trinajstić information content (AvgIpc) is 3.49. The van der Waals surface area contributed by atoms with E-state index in [9.17, 15) is 37.4 Å². The number of amides is 2. The van der Waals surface area contributed by atoms with E-state index in [0.717, 1.165) is 16.8 Å². The lowest BCUT2D eigenvalue weighted by atomic mass is 9.97. The van der Waals surface area contributed by atoms with E-state index in [1.54, 1.807) is 6.07 Å². The van der Waals surface area contributed by atoms with Gasteiger partial charge in [-0.2, -0.15) is 9.78 Å². The number of nitrogens with zero attached hydrogens (tertiary/aromatic N) is 4. The van der Waals surface area contributed by atoms with Crippen LogP contribution in [0.2, 0.25) is 10.0 Å². The van der Waals surface area contributed by atoms with Gasteiger partial charge in [0.05, 0.1) is 64.7 Å². The molecule has 1 atom stereocenters. The summed E-state index contributed by atoms with van der Waals surface area (Å²) in [6.07, 6.45) is 7.20. The minimum absolute atomic E-state index is 0.0642. The van der Waals surface area contributed by atoms with Crippen LogP contribution < -0.4 is 31.4 Å². The topological polar surface area (TPSA) is 271 Å². The van der Waals surface area contributed by atoms with Crippen LogP contribution in [-0.2, 0) is 25.7 Å². The van der Waals surface area contributed by atoms with Crippen molar-refractivity contribution in [3.63, 3.8) is 0 Å². The Morgan fingerprint density at radius 2 is 1.65 bits per heavy atom. The zero-order valence-corrected chi connectivity index (χ0v) is 37.1. The highest BCUT2D eigenvalue weighted by Gasteiger charge is 2.24. The second kappa shape index (κ2) is 24.4. The fraction of sp³-hybridized carbons (Fsp3) is 0.361. The number of hydrazone groups is 1. The highest BCUT2D eigenvalue weighted by atomic mass is 35.5. The van der Waals surface area contributed by atoms with Gasteiger partial charge in [-0.05, 0) is 62.0 Å². The standard InChI is InChI=1S/C15H18Cl2N2O3.C15H12F2N4O3.C3H8NO5P.C3H9S/c1-8(2)21-12-7-11(9(16)6-10(12)17)19-14(20)22-13(18-19)15(3,4)5;1-8(13-12(14(22)23)3-2-4-18-13)20-21-15(24)19-11-6-9(16)5-10(17)7-11;5-3(6)1-4-2-10(7,8)9;1-4(2)3/h6-8H,1-5H3;2-7H,1H3,(H,22,23)(H2,19,21,24);4H,1-2H2,(H,5,6)(H2,7,8,9);1-3H3/q;;;+1/p-1/b;20-8+;;. The number of nitrogens with one attached hydrogen (secondary N) is 3. The van der Waals surface area contributed by atoms with Crippen LogP contribution in [0.5, 0.6) is 5.75 Å². The normalized spacial score (nSPS) is 12.1. The van der Waals surface area contributed by atoms with Crippen LogP contribution in [0.4, 0.5) is 19.3 Å². The van der Waals surface area contributed by atoms with Gasteiger partial charge in [-0.25, -0.2) is 28.6 Å². The first-order chi connectivity index (χ1) is 27.6. The third-order valence-electron chi connectivity index (χ3n) is 6.20. The van der Waals surface area contributed by atoms with Crippen molar-refractivity contribution in [1.82, 2.24) is 25.5 Å². The van der Waals surface area contributed by atoms with Crippen molar-refractivity contribution in [3.05, 3.63) is 98.0 Å². The number of hydrogen-bond donors (Lipinski definition) is 6. The molecular weight excluding hydrogens is 878 g/mol. The SMILES string of the molecule is C/C(=N\NC(=O)Nc1cc(F)cc(F)c1)c1ncccc1C(=O)O.CC(C)Oc1cc(-n2nc(C(C)(C)C)oc2=O)c(Cl)cc1Cl.C[S+](C)C.O=C(O)CNCP(=O)([O-])O. The molecule has 2 aromatic carbocycles. The Morgan fingerprint density at radius 3 is 2.13 bits per heavy atom. The molecule has 2 amide bonds. The first-order valence-electron chi connectivity index (χ1n) is 17.1. The molecule has 18 nitrogen and oxygen atoms in total. The number of benzene rings is 2. The predicted octanol–water partition coefficient (Wildman–Crippen LogP) is 5.48. The maximum atomic E-state index is 13.0. The second-order valence-electron chi connectivity index (χ2n) is 13.7. The smallest absolute Gasteiger partial charge is 0.442 e. The molecule has 330 valence electrons. The molecule has 4 rings (SSSR count). The molecule has 2 aromatic heterocycles. The second-order valence-corrected chi connectivity index (χ2v) is 18.6. The number of pyridine rings is 1. The Hall–Kier alpha value is -4.89. The molecule has 0 aliphatic heterocycles. The molecule has 0 aliphatic rings. The molecule has 0 radical (unpaired) electrons. The zero-order valence-electron chi connectivity index (χ0n) is 33.9. The van der Waals surface area contributed by atoms with Crippen molar-refractivity contribution in [1.29, 1.82) is 0 Å². The number of aliphatic carboxylic acids is 1. The lowest BCUT2D eigenvalue weighted by Crippen LogP contribution is -2.26. The minimum atomic E-state index is -4.35. The van der Waals surface area contributed by atoms with Crippen LogP contribution in [0.25, 0.3) is 5.69 Å². The van der Waals surface area contributed by atoms with E-state index in [-0.39, 0.29) is 39.2 Å². The third-order valence-corrected chi connectivity index (χ3v) is 7.42. The first-order valence-corrected chi connectivity index (χ1v) is 22.0. The van der Waals surface area contributed by atoms with Gasteiger partial charge in [-0.1, -0.05) is 44.0 Å². The Morgan fingerprint density at radius 1 is 1.07 bits per heavy atom. The van der Waals surface area contributed by atoms with Crippen molar-refractivity contribution in [3.8, 4) is 11.4 Å². The van der Waals surface area contributed by atoms with Crippen LogP contribution >= 0.6 is 30.8 Å². The van der Waals surface area contributed by atoms with Crippen molar-refractivity contribution >= 4 is 71.1 Å². The number of carbonyl (C=O) groups excluding carboxylic acids is 1. The zero-order chi connectivity index (χ0) is 46.1. The van der Waals surface area contributed by atoms with E-state index in [1.165, 1.54) is 31.3 Å². The number of anilines is 1. The number of carbonyl (C=O) groups is 3. The summed E-state index contributed by atoms with van der Waals surface area (Å²) in [5, 5.41) is 29.8. The Labute approximate surface area is 356 Å². The average molecular weight is 925 g/mol. The molecule has 0 aliphatic carbocycles. The fourth-order valence-corrected chi connectivity index (χ4v) is 4.80. The maximum Gasteiger partial charge on any atom is 0.442 e. The number of rotatable bonds is 11. The van der Waals surface area contributed by atoms with Gasteiger partial charge in [0.1, 0.15) is 30.7 Å². The van der Waals surface area contributed by atoms with Crippen molar-refractivity contribution in [2.45, 2.75) is 53.1 Å². The maximum absolute atomic E-state index is 13.0. The number of urea groups is 1. The summed E-state index contributed by atoms with van der Waals surface area (Å²) in [7, 11) is -3.71. The van der Waals surface area contributed by atoms with E-state index in [4.69, 9.17) is 47.5 Å². The van der Waals surface area contributed by atoms with Gasteiger partial charge in [0, 0.05) is 29.4 Å². The van der Waals surface area contributed by atoms with Crippen LogP contribution in [0, 0.1) is 11.6 Å². The molecule has 1 unspecified atom stereocenters. The van der Waals surface area contributed by atoms with E-state index in [1.807, 2.05) is 39.9 Å². The van der Waals surface area contributed by atoms with Gasteiger partial charge in [-0.3, -0.25) is 15.1 Å². The van der Waals surface area contributed by atoms with E-state index >= 15 is 0 Å². The quantitative estimate of drug-likeness (QED) is 0.0471. The Balaban J connectivity index is 0.000000460. The largest absolute Gasteiger partial charge is 0.778 e.